The molecule has 1 atom stereocenters. The molecular formula is C34H27BrN4O3S2. The second-order valence-electron chi connectivity index (χ2n) is 9.56. The minimum Gasteiger partial charge on any atom is -0.321 e. The fraction of sp³-hybridized carbons (Fsp3) is 0.0588. The number of amides is 3. The summed E-state index contributed by atoms with van der Waals surface area (Å²) in [5.74, 6) is -1.05. The molecule has 0 aliphatic heterocycles. The average Bonchev–Trinajstić information content (AvgIpc) is 3.50. The van der Waals surface area contributed by atoms with Crippen LogP contribution in [0.1, 0.15) is 22.8 Å². The van der Waals surface area contributed by atoms with E-state index < -0.39 is 17.1 Å². The minimum absolute atomic E-state index is 0.0989. The molecule has 0 fully saturated rings. The van der Waals surface area contributed by atoms with E-state index in [1.165, 1.54) is 23.1 Å². The van der Waals surface area contributed by atoms with E-state index in [0.717, 1.165) is 26.2 Å². The van der Waals surface area contributed by atoms with Crippen molar-refractivity contribution >= 4 is 73.6 Å². The van der Waals surface area contributed by atoms with Crippen molar-refractivity contribution in [1.82, 2.24) is 10.3 Å². The van der Waals surface area contributed by atoms with Crippen LogP contribution >= 0.6 is 39.0 Å². The summed E-state index contributed by atoms with van der Waals surface area (Å²) in [4.78, 5) is 44.6. The summed E-state index contributed by atoms with van der Waals surface area (Å²) < 4.78 is 0.985. The Morgan fingerprint density at radius 1 is 0.864 bits per heavy atom. The van der Waals surface area contributed by atoms with E-state index in [9.17, 15) is 14.4 Å². The molecule has 0 saturated heterocycles. The smallest absolute Gasteiger partial charge is 0.272 e. The number of benzene rings is 4. The van der Waals surface area contributed by atoms with Crippen molar-refractivity contribution in [2.24, 2.45) is 0 Å². The molecule has 3 amide bonds. The van der Waals surface area contributed by atoms with E-state index in [2.05, 4.69) is 36.9 Å². The molecule has 0 saturated carbocycles. The Morgan fingerprint density at radius 3 is 2.30 bits per heavy atom. The number of thiazole rings is 1. The van der Waals surface area contributed by atoms with Gasteiger partial charge < -0.3 is 16.0 Å². The predicted molar refractivity (Wildman–Crippen MR) is 183 cm³/mol. The van der Waals surface area contributed by atoms with Gasteiger partial charge in [-0.15, -0.1) is 23.1 Å². The molecule has 4 aromatic carbocycles. The molecule has 0 spiro atoms. The lowest BCUT2D eigenvalue weighted by molar-refractivity contribution is -0.115. The maximum Gasteiger partial charge on any atom is 0.272 e. The first-order valence-electron chi connectivity index (χ1n) is 13.6. The molecule has 5 aromatic rings. The maximum atomic E-state index is 13.4. The topological polar surface area (TPSA) is 100 Å². The van der Waals surface area contributed by atoms with E-state index >= 15 is 0 Å². The third kappa shape index (κ3) is 8.53. The molecule has 0 aliphatic carbocycles. The van der Waals surface area contributed by atoms with Crippen molar-refractivity contribution < 1.29 is 14.4 Å². The Kier molecular flexibility index (Phi) is 10.4. The fourth-order valence-electron chi connectivity index (χ4n) is 4.05. The van der Waals surface area contributed by atoms with Crippen LogP contribution in [-0.2, 0) is 9.59 Å². The zero-order valence-electron chi connectivity index (χ0n) is 23.5. The Morgan fingerprint density at radius 2 is 1.57 bits per heavy atom. The minimum atomic E-state index is -0.476. The van der Waals surface area contributed by atoms with Crippen molar-refractivity contribution in [1.29, 1.82) is 0 Å². The summed E-state index contributed by atoms with van der Waals surface area (Å²) in [6.45, 7) is 1.81. The molecule has 1 aromatic heterocycles. The molecule has 3 N–H and O–H groups in total. The second kappa shape index (κ2) is 14.8. The lowest BCUT2D eigenvalue weighted by Gasteiger charge is -2.13. The van der Waals surface area contributed by atoms with Gasteiger partial charge in [0.2, 0.25) is 5.91 Å². The number of thioether (sulfide) groups is 1. The number of halogens is 1. The van der Waals surface area contributed by atoms with Gasteiger partial charge in [-0.1, -0.05) is 82.7 Å². The normalized spacial score (nSPS) is 11.8. The first-order valence-corrected chi connectivity index (χ1v) is 16.1. The van der Waals surface area contributed by atoms with E-state index in [1.54, 1.807) is 48.5 Å². The molecule has 0 bridgehead atoms. The van der Waals surface area contributed by atoms with Gasteiger partial charge in [-0.2, -0.15) is 0 Å². The number of carbonyl (C=O) groups excluding carboxylic acids is 3. The van der Waals surface area contributed by atoms with E-state index in [4.69, 9.17) is 0 Å². The van der Waals surface area contributed by atoms with Crippen molar-refractivity contribution in [3.05, 3.63) is 136 Å². The van der Waals surface area contributed by atoms with Gasteiger partial charge in [0.05, 0.1) is 10.9 Å². The number of nitrogens with one attached hydrogen (secondary N) is 3. The van der Waals surface area contributed by atoms with Gasteiger partial charge in [-0.3, -0.25) is 14.4 Å². The van der Waals surface area contributed by atoms with Gasteiger partial charge in [0.1, 0.15) is 5.70 Å². The van der Waals surface area contributed by atoms with Crippen LogP contribution < -0.4 is 16.0 Å². The zero-order valence-corrected chi connectivity index (χ0v) is 26.7. The number of carbonyl (C=O) groups is 3. The number of hydrogen-bond donors (Lipinski definition) is 3. The Bertz CT molecular complexity index is 1790. The molecule has 7 nitrogen and oxygen atoms in total. The van der Waals surface area contributed by atoms with Crippen LogP contribution in [-0.4, -0.2) is 28.0 Å². The lowest BCUT2D eigenvalue weighted by Crippen LogP contribution is -2.30. The number of hydrogen-bond acceptors (Lipinski definition) is 6. The van der Waals surface area contributed by atoms with Gasteiger partial charge in [-0.05, 0) is 61.0 Å². The predicted octanol–water partition coefficient (Wildman–Crippen LogP) is 8.10. The summed E-state index contributed by atoms with van der Waals surface area (Å²) in [6, 6.07) is 33.0. The van der Waals surface area contributed by atoms with Gasteiger partial charge in [0, 0.05) is 31.6 Å². The van der Waals surface area contributed by atoms with Gasteiger partial charge in [0.15, 0.2) is 5.13 Å². The van der Waals surface area contributed by atoms with E-state index in [0.29, 0.717) is 16.4 Å². The van der Waals surface area contributed by atoms with Crippen LogP contribution in [0.15, 0.2) is 130 Å². The summed E-state index contributed by atoms with van der Waals surface area (Å²) >= 11 is 6.16. The van der Waals surface area contributed by atoms with Gasteiger partial charge in [-0.25, -0.2) is 4.98 Å². The van der Waals surface area contributed by atoms with Crippen molar-refractivity contribution in [3.63, 3.8) is 0 Å². The Hall–Kier alpha value is -4.51. The highest BCUT2D eigenvalue weighted by atomic mass is 79.9. The molecule has 1 heterocycles. The van der Waals surface area contributed by atoms with Gasteiger partial charge >= 0.3 is 0 Å². The number of aromatic nitrogens is 1. The molecule has 0 radical (unpaired) electrons. The van der Waals surface area contributed by atoms with Crippen LogP contribution in [0.25, 0.3) is 17.3 Å². The number of nitrogens with zero attached hydrogens (tertiary/aromatic N) is 1. The second-order valence-corrected chi connectivity index (χ2v) is 12.8. The third-order valence-corrected chi connectivity index (χ3v) is 8.67. The lowest BCUT2D eigenvalue weighted by atomic mass is 10.1. The molecule has 10 heteroatoms. The summed E-state index contributed by atoms with van der Waals surface area (Å²) in [5, 5.41) is 10.5. The summed E-state index contributed by atoms with van der Waals surface area (Å²) in [5.41, 5.74) is 3.59. The first kappa shape index (κ1) is 30.9. The molecular weight excluding hydrogens is 656 g/mol. The highest BCUT2D eigenvalue weighted by Gasteiger charge is 2.18. The fourth-order valence-corrected chi connectivity index (χ4v) is 5.97. The molecule has 1 unspecified atom stereocenters. The van der Waals surface area contributed by atoms with Crippen LogP contribution in [0.5, 0.6) is 0 Å². The average molecular weight is 684 g/mol. The summed E-state index contributed by atoms with van der Waals surface area (Å²) in [7, 11) is 0. The highest BCUT2D eigenvalue weighted by molar-refractivity contribution is 9.10. The van der Waals surface area contributed by atoms with Crippen LogP contribution in [0, 0.1) is 0 Å². The largest absolute Gasteiger partial charge is 0.321 e. The van der Waals surface area contributed by atoms with Crippen molar-refractivity contribution in [2.45, 2.75) is 17.1 Å². The van der Waals surface area contributed by atoms with Crippen LogP contribution in [0.3, 0.4) is 0 Å². The van der Waals surface area contributed by atoms with Crippen molar-refractivity contribution in [2.75, 3.05) is 10.6 Å². The van der Waals surface area contributed by atoms with E-state index in [1.807, 2.05) is 79.0 Å². The van der Waals surface area contributed by atoms with Crippen molar-refractivity contribution in [3.8, 4) is 11.3 Å². The van der Waals surface area contributed by atoms with Crippen LogP contribution in [0.2, 0.25) is 0 Å². The quantitative estimate of drug-likeness (QED) is 0.102. The van der Waals surface area contributed by atoms with E-state index in [-0.39, 0.29) is 11.6 Å². The molecule has 44 heavy (non-hydrogen) atoms. The SMILES string of the molecule is CC(Sc1cccc(NC(=O)/C(=C/c2ccccc2)NC(=O)c2ccccc2)c1)C(=O)Nc1nc(-c2ccc(Br)cc2)cs1. The molecule has 0 aliphatic rings. The molecule has 5 rings (SSSR count). The van der Waals surface area contributed by atoms with Gasteiger partial charge in [0.25, 0.3) is 11.8 Å². The summed E-state index contributed by atoms with van der Waals surface area (Å²) in [6.07, 6.45) is 1.63. The number of rotatable bonds is 10. The standard InChI is InChI=1S/C34H27BrN4O3S2/c1-22(31(40)39-34-38-30(21-43-34)24-15-17-26(35)18-16-24)44-28-14-8-13-27(20-28)36-33(42)29(19-23-9-4-2-5-10-23)37-32(41)25-11-6-3-7-12-25/h2-22H,1H3,(H,36,42)(H,37,41)(H,38,39,40)/b29-19-. The third-order valence-electron chi connectivity index (χ3n) is 6.29. The zero-order chi connectivity index (χ0) is 30.9. The first-order chi connectivity index (χ1) is 21.3. The van der Waals surface area contributed by atoms with Crippen LogP contribution in [0.4, 0.5) is 10.8 Å². The number of anilines is 2. The molecule has 220 valence electrons. The Balaban J connectivity index is 1.24. The maximum absolute atomic E-state index is 13.4. The highest BCUT2D eigenvalue weighted by Crippen LogP contribution is 2.29. The monoisotopic (exact) mass is 682 g/mol. The Labute approximate surface area is 272 Å².